The van der Waals surface area contributed by atoms with Crippen LogP contribution in [0.15, 0.2) is 36.7 Å². The molecule has 11 heteroatoms. The second-order valence-corrected chi connectivity index (χ2v) is 7.10. The molecule has 0 radical (unpaired) electrons. The van der Waals surface area contributed by atoms with Gasteiger partial charge in [-0.25, -0.2) is 27.8 Å². The van der Waals surface area contributed by atoms with Gasteiger partial charge in [0.05, 0.1) is 22.9 Å². The number of piperidine rings is 1. The minimum atomic E-state index is -2.67. The minimum absolute atomic E-state index is 0.0520. The van der Waals surface area contributed by atoms with E-state index in [0.29, 0.717) is 22.9 Å². The quantitative estimate of drug-likeness (QED) is 0.471. The summed E-state index contributed by atoms with van der Waals surface area (Å²) in [6.45, 7) is 2.08. The van der Waals surface area contributed by atoms with Gasteiger partial charge in [0, 0.05) is 49.5 Å². The summed E-state index contributed by atoms with van der Waals surface area (Å²) < 4.78 is 42.4. The SMILES string of the molecule is Cc1cc(-c2cnn(-c3ccc([N+](=O)[O-])cc3F)c2)nc(N2CCC(F)(F)CC2)n1. The molecule has 4 rings (SSSR count). The summed E-state index contributed by atoms with van der Waals surface area (Å²) in [4.78, 5) is 20.6. The van der Waals surface area contributed by atoms with Crippen molar-refractivity contribution in [2.45, 2.75) is 25.7 Å². The van der Waals surface area contributed by atoms with E-state index in [9.17, 15) is 23.3 Å². The Balaban J connectivity index is 1.62. The van der Waals surface area contributed by atoms with Crippen molar-refractivity contribution in [2.24, 2.45) is 0 Å². The maximum Gasteiger partial charge on any atom is 0.272 e. The van der Waals surface area contributed by atoms with Crippen LogP contribution >= 0.6 is 0 Å². The van der Waals surface area contributed by atoms with Crippen molar-refractivity contribution in [3.05, 3.63) is 58.3 Å². The van der Waals surface area contributed by atoms with Gasteiger partial charge in [0.1, 0.15) is 5.69 Å². The van der Waals surface area contributed by atoms with Gasteiger partial charge in [0.25, 0.3) is 11.6 Å². The molecule has 2 aromatic heterocycles. The predicted octanol–water partition coefficient (Wildman–Crippen LogP) is 3.92. The Hall–Kier alpha value is -3.50. The van der Waals surface area contributed by atoms with Crippen molar-refractivity contribution in [1.82, 2.24) is 19.7 Å². The zero-order valence-corrected chi connectivity index (χ0v) is 15.9. The molecule has 0 amide bonds. The maximum absolute atomic E-state index is 14.3. The van der Waals surface area contributed by atoms with E-state index in [1.165, 1.54) is 23.0 Å². The highest BCUT2D eigenvalue weighted by molar-refractivity contribution is 5.60. The van der Waals surface area contributed by atoms with Crippen LogP contribution in [0.4, 0.5) is 24.8 Å². The van der Waals surface area contributed by atoms with Crippen LogP contribution in [0.2, 0.25) is 0 Å². The minimum Gasteiger partial charge on any atom is -0.340 e. The Kier molecular flexibility index (Phi) is 4.88. The third kappa shape index (κ3) is 3.95. The van der Waals surface area contributed by atoms with Crippen LogP contribution in [0.5, 0.6) is 0 Å². The molecule has 156 valence electrons. The predicted molar refractivity (Wildman–Crippen MR) is 102 cm³/mol. The maximum atomic E-state index is 14.3. The molecule has 0 atom stereocenters. The van der Waals surface area contributed by atoms with Crippen molar-refractivity contribution in [2.75, 3.05) is 18.0 Å². The average Bonchev–Trinajstić information content (AvgIpc) is 3.17. The Morgan fingerprint density at radius 3 is 2.57 bits per heavy atom. The third-order valence-corrected chi connectivity index (χ3v) is 4.89. The number of nitrogens with zero attached hydrogens (tertiary/aromatic N) is 6. The standard InChI is InChI=1S/C19H17F3N6O2/c1-12-8-16(25-18(24-12)26-6-4-19(21,22)5-7-26)13-10-23-27(11-13)17-3-2-14(28(29)30)9-15(17)20/h2-3,8-11H,4-7H2,1H3. The highest BCUT2D eigenvalue weighted by atomic mass is 19.3. The molecule has 1 saturated heterocycles. The fourth-order valence-electron chi connectivity index (χ4n) is 3.26. The Bertz CT molecular complexity index is 1110. The van der Waals surface area contributed by atoms with Crippen molar-refractivity contribution < 1.29 is 18.1 Å². The molecule has 0 aliphatic carbocycles. The number of non-ortho nitro benzene ring substituents is 1. The first-order valence-corrected chi connectivity index (χ1v) is 9.20. The first-order chi connectivity index (χ1) is 14.2. The van der Waals surface area contributed by atoms with E-state index in [2.05, 4.69) is 15.1 Å². The summed E-state index contributed by atoms with van der Waals surface area (Å²) >= 11 is 0. The number of halogens is 3. The first-order valence-electron chi connectivity index (χ1n) is 9.20. The molecular formula is C19H17F3N6O2. The number of aromatic nitrogens is 4. The lowest BCUT2D eigenvalue weighted by Crippen LogP contribution is -2.40. The molecular weight excluding hydrogens is 401 g/mol. The van der Waals surface area contributed by atoms with Gasteiger partial charge in [-0.1, -0.05) is 0 Å². The number of aryl methyl sites for hydroxylation is 1. The molecule has 0 spiro atoms. The highest BCUT2D eigenvalue weighted by Crippen LogP contribution is 2.30. The molecule has 8 nitrogen and oxygen atoms in total. The average molecular weight is 418 g/mol. The fourth-order valence-corrected chi connectivity index (χ4v) is 3.26. The summed E-state index contributed by atoms with van der Waals surface area (Å²) in [6, 6.07) is 5.01. The van der Waals surface area contributed by atoms with Gasteiger partial charge in [-0.15, -0.1) is 0 Å². The van der Waals surface area contributed by atoms with Crippen molar-refractivity contribution in [3.63, 3.8) is 0 Å². The van der Waals surface area contributed by atoms with Gasteiger partial charge in [-0.2, -0.15) is 5.10 Å². The monoisotopic (exact) mass is 418 g/mol. The van der Waals surface area contributed by atoms with Gasteiger partial charge in [-0.05, 0) is 19.1 Å². The number of alkyl halides is 2. The summed E-state index contributed by atoms with van der Waals surface area (Å²) in [7, 11) is 0. The molecule has 0 unspecified atom stereocenters. The molecule has 1 aliphatic heterocycles. The van der Waals surface area contributed by atoms with Gasteiger partial charge >= 0.3 is 0 Å². The number of anilines is 1. The van der Waals surface area contributed by atoms with E-state index in [1.54, 1.807) is 24.1 Å². The zero-order valence-electron chi connectivity index (χ0n) is 15.9. The Labute approximate surface area is 169 Å². The molecule has 1 aliphatic rings. The van der Waals surface area contributed by atoms with Gasteiger partial charge < -0.3 is 4.90 Å². The number of hydrogen-bond donors (Lipinski definition) is 0. The smallest absolute Gasteiger partial charge is 0.272 e. The number of benzene rings is 1. The third-order valence-electron chi connectivity index (χ3n) is 4.89. The molecule has 1 aromatic carbocycles. The van der Waals surface area contributed by atoms with E-state index in [-0.39, 0.29) is 37.3 Å². The topological polar surface area (TPSA) is 90.0 Å². The summed E-state index contributed by atoms with van der Waals surface area (Å²) in [5.41, 5.74) is 1.44. The van der Waals surface area contributed by atoms with Crippen LogP contribution < -0.4 is 4.90 Å². The van der Waals surface area contributed by atoms with E-state index in [1.807, 2.05) is 0 Å². The van der Waals surface area contributed by atoms with Gasteiger partial charge in [-0.3, -0.25) is 10.1 Å². The fraction of sp³-hybridized carbons (Fsp3) is 0.316. The largest absolute Gasteiger partial charge is 0.340 e. The van der Waals surface area contributed by atoms with Crippen molar-refractivity contribution in [3.8, 4) is 16.9 Å². The Morgan fingerprint density at radius 2 is 1.90 bits per heavy atom. The van der Waals surface area contributed by atoms with Crippen LogP contribution in [0.25, 0.3) is 16.9 Å². The molecule has 3 aromatic rings. The van der Waals surface area contributed by atoms with E-state index in [0.717, 1.165) is 6.07 Å². The summed E-state index contributed by atoms with van der Waals surface area (Å²) in [6.07, 6.45) is 2.52. The van der Waals surface area contributed by atoms with Crippen LogP contribution in [0, 0.1) is 22.9 Å². The van der Waals surface area contributed by atoms with Crippen LogP contribution in [-0.2, 0) is 0 Å². The number of nitro benzene ring substituents is 1. The molecule has 0 N–H and O–H groups in total. The zero-order chi connectivity index (χ0) is 21.5. The first kappa shape index (κ1) is 19.8. The normalized spacial score (nSPS) is 15.9. The number of rotatable bonds is 4. The van der Waals surface area contributed by atoms with Crippen molar-refractivity contribution in [1.29, 1.82) is 0 Å². The molecule has 3 heterocycles. The molecule has 0 saturated carbocycles. The van der Waals surface area contributed by atoms with E-state index >= 15 is 0 Å². The lowest BCUT2D eigenvalue weighted by Gasteiger charge is -2.31. The molecule has 0 bridgehead atoms. The van der Waals surface area contributed by atoms with E-state index < -0.39 is 16.7 Å². The number of hydrogen-bond acceptors (Lipinski definition) is 6. The van der Waals surface area contributed by atoms with Crippen molar-refractivity contribution >= 4 is 11.6 Å². The number of nitro groups is 1. The second kappa shape index (κ2) is 7.39. The van der Waals surface area contributed by atoms with Gasteiger partial charge in [0.15, 0.2) is 5.82 Å². The molecule has 30 heavy (non-hydrogen) atoms. The molecule has 1 fully saturated rings. The van der Waals surface area contributed by atoms with Crippen LogP contribution in [0.3, 0.4) is 0 Å². The summed E-state index contributed by atoms with van der Waals surface area (Å²) in [5, 5.41) is 14.9. The van der Waals surface area contributed by atoms with E-state index in [4.69, 9.17) is 0 Å². The van der Waals surface area contributed by atoms with Crippen LogP contribution in [-0.4, -0.2) is 43.7 Å². The lowest BCUT2D eigenvalue weighted by molar-refractivity contribution is -0.385. The second-order valence-electron chi connectivity index (χ2n) is 7.10. The Morgan fingerprint density at radius 1 is 1.17 bits per heavy atom. The van der Waals surface area contributed by atoms with Gasteiger partial charge in [0.2, 0.25) is 5.95 Å². The lowest BCUT2D eigenvalue weighted by atomic mass is 10.1. The van der Waals surface area contributed by atoms with Crippen LogP contribution in [0.1, 0.15) is 18.5 Å². The summed E-state index contributed by atoms with van der Waals surface area (Å²) in [5.74, 6) is -3.10. The highest BCUT2D eigenvalue weighted by Gasteiger charge is 2.35.